The number of aromatic nitrogens is 3. The standard InChI is InChI=1S/C18H15Cl2N3O.C2H2O4/c1-13(9-23-12-21-11-22-23)16-4-2-3-5-18(16)24-10-14-6-7-15(19)8-17(14)20;3-1(4)2(5)6/h2-8,11-12H,1,9-10H2;(H,3,4)(H,5,6). The third kappa shape index (κ3) is 6.91. The molecule has 3 rings (SSSR count). The van der Waals surface area contributed by atoms with Crippen molar-refractivity contribution in [2.24, 2.45) is 0 Å². The monoisotopic (exact) mass is 449 g/mol. The Bertz CT molecular complexity index is 1030. The van der Waals surface area contributed by atoms with Gasteiger partial charge in [-0.1, -0.05) is 54.0 Å². The minimum Gasteiger partial charge on any atom is -0.488 e. The van der Waals surface area contributed by atoms with Crippen LogP contribution in [0.1, 0.15) is 11.1 Å². The average Bonchev–Trinajstić information content (AvgIpc) is 3.21. The van der Waals surface area contributed by atoms with Gasteiger partial charge in [-0.15, -0.1) is 0 Å². The molecule has 8 nitrogen and oxygen atoms in total. The number of allylic oxidation sites excluding steroid dienone is 1. The lowest BCUT2D eigenvalue weighted by Gasteiger charge is -2.14. The van der Waals surface area contributed by atoms with E-state index in [0.717, 1.165) is 22.4 Å². The molecule has 0 unspecified atom stereocenters. The number of ether oxygens (including phenoxy) is 1. The number of rotatable bonds is 6. The molecule has 0 radical (unpaired) electrons. The van der Waals surface area contributed by atoms with Gasteiger partial charge in [0, 0.05) is 21.2 Å². The van der Waals surface area contributed by atoms with Crippen molar-refractivity contribution in [3.05, 3.63) is 82.9 Å². The Morgan fingerprint density at radius 2 is 1.80 bits per heavy atom. The van der Waals surface area contributed by atoms with Gasteiger partial charge in [0.2, 0.25) is 0 Å². The first-order chi connectivity index (χ1) is 14.3. The van der Waals surface area contributed by atoms with Crippen LogP contribution in [-0.2, 0) is 22.7 Å². The molecular formula is C20H17Cl2N3O5. The van der Waals surface area contributed by atoms with Crippen LogP contribution in [-0.4, -0.2) is 36.9 Å². The summed E-state index contributed by atoms with van der Waals surface area (Å²) in [4.78, 5) is 22.1. The number of carboxylic acid groups (broad SMARTS) is 2. The van der Waals surface area contributed by atoms with Crippen molar-refractivity contribution in [2.45, 2.75) is 13.2 Å². The fourth-order valence-electron chi connectivity index (χ4n) is 2.27. The van der Waals surface area contributed by atoms with Gasteiger partial charge in [-0.2, -0.15) is 5.10 Å². The number of nitrogens with zero attached hydrogens (tertiary/aromatic N) is 3. The summed E-state index contributed by atoms with van der Waals surface area (Å²) >= 11 is 12.1. The first kappa shape index (κ1) is 22.9. The highest BCUT2D eigenvalue weighted by molar-refractivity contribution is 6.35. The van der Waals surface area contributed by atoms with Crippen LogP contribution in [0.3, 0.4) is 0 Å². The summed E-state index contributed by atoms with van der Waals surface area (Å²) < 4.78 is 7.67. The Hall–Kier alpha value is -3.36. The maximum atomic E-state index is 9.10. The highest BCUT2D eigenvalue weighted by atomic mass is 35.5. The lowest BCUT2D eigenvalue weighted by molar-refractivity contribution is -0.159. The molecule has 0 aliphatic carbocycles. The number of carboxylic acids is 2. The Morgan fingerprint density at radius 3 is 2.40 bits per heavy atom. The number of carbonyl (C=O) groups is 2. The van der Waals surface area contributed by atoms with E-state index < -0.39 is 11.9 Å². The van der Waals surface area contributed by atoms with E-state index in [2.05, 4.69) is 16.7 Å². The topological polar surface area (TPSA) is 115 Å². The van der Waals surface area contributed by atoms with Crippen LogP contribution in [0, 0.1) is 0 Å². The van der Waals surface area contributed by atoms with Crippen molar-refractivity contribution in [3.8, 4) is 5.75 Å². The summed E-state index contributed by atoms with van der Waals surface area (Å²) in [6.45, 7) is 5.03. The molecule has 1 aromatic heterocycles. The number of aliphatic carboxylic acids is 2. The summed E-state index contributed by atoms with van der Waals surface area (Å²) in [5.74, 6) is -2.90. The normalized spacial score (nSPS) is 9.93. The van der Waals surface area contributed by atoms with Gasteiger partial charge < -0.3 is 14.9 Å². The second-order valence-electron chi connectivity index (χ2n) is 5.83. The zero-order chi connectivity index (χ0) is 22.1. The maximum absolute atomic E-state index is 9.10. The van der Waals surface area contributed by atoms with Crippen molar-refractivity contribution in [3.63, 3.8) is 0 Å². The molecule has 10 heteroatoms. The molecule has 0 amide bonds. The predicted octanol–water partition coefficient (Wildman–Crippen LogP) is 4.03. The molecule has 30 heavy (non-hydrogen) atoms. The minimum atomic E-state index is -1.82. The van der Waals surface area contributed by atoms with E-state index in [4.69, 9.17) is 47.7 Å². The largest absolute Gasteiger partial charge is 0.488 e. The molecule has 0 fully saturated rings. The van der Waals surface area contributed by atoms with Crippen molar-refractivity contribution in [1.29, 1.82) is 0 Å². The Morgan fingerprint density at radius 1 is 1.10 bits per heavy atom. The van der Waals surface area contributed by atoms with Crippen molar-refractivity contribution in [2.75, 3.05) is 0 Å². The van der Waals surface area contributed by atoms with Gasteiger partial charge in [0.25, 0.3) is 0 Å². The highest BCUT2D eigenvalue weighted by Crippen LogP contribution is 2.28. The molecule has 1 heterocycles. The van der Waals surface area contributed by atoms with E-state index in [9.17, 15) is 0 Å². The molecular weight excluding hydrogens is 433 g/mol. The fraction of sp³-hybridized carbons (Fsp3) is 0.100. The summed E-state index contributed by atoms with van der Waals surface area (Å²) in [5.41, 5.74) is 2.69. The number of hydrogen-bond donors (Lipinski definition) is 2. The van der Waals surface area contributed by atoms with Crippen LogP contribution in [0.4, 0.5) is 0 Å². The summed E-state index contributed by atoms with van der Waals surface area (Å²) in [5, 5.41) is 20.1. The highest BCUT2D eigenvalue weighted by Gasteiger charge is 2.09. The van der Waals surface area contributed by atoms with E-state index in [1.807, 2.05) is 30.3 Å². The second kappa shape index (κ2) is 11.0. The van der Waals surface area contributed by atoms with E-state index >= 15 is 0 Å². The molecule has 2 N–H and O–H groups in total. The van der Waals surface area contributed by atoms with Crippen LogP contribution in [0.2, 0.25) is 10.0 Å². The van der Waals surface area contributed by atoms with Crippen molar-refractivity contribution in [1.82, 2.24) is 14.8 Å². The van der Waals surface area contributed by atoms with E-state index in [-0.39, 0.29) is 0 Å². The van der Waals surface area contributed by atoms with Gasteiger partial charge in [0.15, 0.2) is 0 Å². The SMILES string of the molecule is C=C(Cn1cncn1)c1ccccc1OCc1ccc(Cl)cc1Cl.O=C(O)C(=O)O. The third-order valence-electron chi connectivity index (χ3n) is 3.67. The number of hydrogen-bond acceptors (Lipinski definition) is 5. The Labute approximate surface area is 182 Å². The van der Waals surface area contributed by atoms with Gasteiger partial charge in [-0.25, -0.2) is 19.3 Å². The van der Waals surface area contributed by atoms with E-state index in [1.165, 1.54) is 6.33 Å². The van der Waals surface area contributed by atoms with Gasteiger partial charge in [-0.05, 0) is 23.8 Å². The lowest BCUT2D eigenvalue weighted by atomic mass is 10.1. The molecule has 0 aliphatic rings. The van der Waals surface area contributed by atoms with Crippen LogP contribution in [0.25, 0.3) is 5.57 Å². The number of halogens is 2. The molecule has 156 valence electrons. The summed E-state index contributed by atoms with van der Waals surface area (Å²) in [7, 11) is 0. The quantitative estimate of drug-likeness (QED) is 0.545. The van der Waals surface area contributed by atoms with Crippen molar-refractivity contribution >= 4 is 40.7 Å². The Kier molecular flexibility index (Phi) is 8.40. The van der Waals surface area contributed by atoms with Gasteiger partial charge in [0.1, 0.15) is 25.0 Å². The summed E-state index contributed by atoms with van der Waals surface area (Å²) in [6.07, 6.45) is 3.15. The lowest BCUT2D eigenvalue weighted by Crippen LogP contribution is -2.09. The molecule has 0 aliphatic heterocycles. The molecule has 0 atom stereocenters. The third-order valence-corrected chi connectivity index (χ3v) is 4.26. The fourth-order valence-corrected chi connectivity index (χ4v) is 2.74. The first-order valence-electron chi connectivity index (χ1n) is 8.40. The van der Waals surface area contributed by atoms with Crippen LogP contribution in [0.15, 0.2) is 61.7 Å². The molecule has 2 aromatic carbocycles. The molecule has 0 saturated heterocycles. The molecule has 3 aromatic rings. The average molecular weight is 450 g/mol. The number of para-hydroxylation sites is 1. The molecule has 0 spiro atoms. The zero-order valence-corrected chi connectivity index (χ0v) is 17.0. The van der Waals surface area contributed by atoms with E-state index in [1.54, 1.807) is 23.1 Å². The summed E-state index contributed by atoms with van der Waals surface area (Å²) in [6, 6.07) is 13.1. The van der Waals surface area contributed by atoms with Gasteiger partial charge >= 0.3 is 11.9 Å². The predicted molar refractivity (Wildman–Crippen MR) is 112 cm³/mol. The van der Waals surface area contributed by atoms with Crippen LogP contribution < -0.4 is 4.74 Å². The van der Waals surface area contributed by atoms with Crippen LogP contribution >= 0.6 is 23.2 Å². The van der Waals surface area contributed by atoms with E-state index in [0.29, 0.717) is 23.2 Å². The van der Waals surface area contributed by atoms with Crippen LogP contribution in [0.5, 0.6) is 5.75 Å². The number of benzene rings is 2. The molecule has 0 saturated carbocycles. The molecule has 0 bridgehead atoms. The zero-order valence-electron chi connectivity index (χ0n) is 15.5. The Balaban J connectivity index is 0.000000469. The minimum absolute atomic E-state index is 0.351. The first-order valence-corrected chi connectivity index (χ1v) is 9.16. The smallest absolute Gasteiger partial charge is 0.414 e. The maximum Gasteiger partial charge on any atom is 0.414 e. The van der Waals surface area contributed by atoms with Gasteiger partial charge in [0.05, 0.1) is 6.54 Å². The van der Waals surface area contributed by atoms with Crippen molar-refractivity contribution < 1.29 is 24.5 Å². The van der Waals surface area contributed by atoms with Gasteiger partial charge in [-0.3, -0.25) is 0 Å². The second-order valence-corrected chi connectivity index (χ2v) is 6.67.